The van der Waals surface area contributed by atoms with Crippen molar-refractivity contribution in [3.8, 4) is 6.01 Å². The molecule has 7 nitrogen and oxygen atoms in total. The summed E-state index contributed by atoms with van der Waals surface area (Å²) in [4.78, 5) is 27.4. The Bertz CT molecular complexity index is 844. The quantitative estimate of drug-likeness (QED) is 0.827. The van der Waals surface area contributed by atoms with Crippen LogP contribution in [0.5, 0.6) is 6.01 Å². The van der Waals surface area contributed by atoms with Gasteiger partial charge in [-0.05, 0) is 39.0 Å². The highest BCUT2D eigenvalue weighted by molar-refractivity contribution is 5.95. The second-order valence-corrected chi connectivity index (χ2v) is 7.54. The zero-order valence-electron chi connectivity index (χ0n) is 15.9. The Kier molecular flexibility index (Phi) is 4.55. The lowest BCUT2D eigenvalue weighted by Crippen LogP contribution is -2.67. The van der Waals surface area contributed by atoms with E-state index in [0.29, 0.717) is 31.3 Å². The highest BCUT2D eigenvalue weighted by atomic mass is 16.5. The summed E-state index contributed by atoms with van der Waals surface area (Å²) >= 11 is 0. The summed E-state index contributed by atoms with van der Waals surface area (Å²) in [5, 5.41) is 0. The Morgan fingerprint density at radius 1 is 1.19 bits per heavy atom. The van der Waals surface area contributed by atoms with Crippen LogP contribution in [0, 0.1) is 20.8 Å². The number of rotatable bonds is 3. The van der Waals surface area contributed by atoms with E-state index in [0.717, 1.165) is 29.9 Å². The first kappa shape index (κ1) is 17.9. The number of nitrogens with zero attached hydrogens (tertiary/aromatic N) is 4. The third-order valence-electron chi connectivity index (χ3n) is 5.07. The first-order chi connectivity index (χ1) is 12.9. The Morgan fingerprint density at radius 2 is 1.93 bits per heavy atom. The average Bonchev–Trinajstić information content (AvgIpc) is 2.58. The molecule has 1 spiro atoms. The fourth-order valence-corrected chi connectivity index (χ4v) is 3.87. The van der Waals surface area contributed by atoms with E-state index in [1.807, 2.05) is 43.9 Å². The van der Waals surface area contributed by atoms with Crippen LogP contribution in [0.2, 0.25) is 0 Å². The molecule has 27 heavy (non-hydrogen) atoms. The van der Waals surface area contributed by atoms with Gasteiger partial charge in [0.2, 0.25) is 0 Å². The zero-order chi connectivity index (χ0) is 19.0. The Hall–Kier alpha value is -2.54. The average molecular weight is 368 g/mol. The molecule has 4 rings (SSSR count). The van der Waals surface area contributed by atoms with Gasteiger partial charge in [0, 0.05) is 41.7 Å². The van der Waals surface area contributed by atoms with Crippen LogP contribution < -0.4 is 4.74 Å². The minimum absolute atomic E-state index is 0.00298. The number of ether oxygens (including phenoxy) is 2. The summed E-state index contributed by atoms with van der Waals surface area (Å²) in [6, 6.07) is 5.93. The van der Waals surface area contributed by atoms with E-state index in [9.17, 15) is 4.79 Å². The second kappa shape index (κ2) is 6.88. The molecule has 2 aromatic rings. The molecule has 0 N–H and O–H groups in total. The van der Waals surface area contributed by atoms with Crippen molar-refractivity contribution in [3.63, 3.8) is 0 Å². The van der Waals surface area contributed by atoms with E-state index >= 15 is 0 Å². The fraction of sp³-hybridized carbons (Fsp3) is 0.500. The van der Waals surface area contributed by atoms with Crippen LogP contribution in [-0.4, -0.2) is 57.2 Å². The van der Waals surface area contributed by atoms with Gasteiger partial charge in [-0.3, -0.25) is 9.78 Å². The number of hydrogen-bond donors (Lipinski definition) is 0. The Morgan fingerprint density at radius 3 is 2.63 bits per heavy atom. The molecule has 1 atom stereocenters. The molecule has 1 amide bonds. The van der Waals surface area contributed by atoms with Crippen LogP contribution in [0.4, 0.5) is 0 Å². The number of pyridine rings is 1. The molecule has 2 aromatic heterocycles. The molecule has 4 heterocycles. The number of carbonyl (C=O) groups excluding carboxylic acids is 1. The lowest BCUT2D eigenvalue weighted by atomic mass is 9.84. The van der Waals surface area contributed by atoms with E-state index in [2.05, 4.69) is 15.0 Å². The molecule has 0 aromatic carbocycles. The van der Waals surface area contributed by atoms with Gasteiger partial charge in [0.25, 0.3) is 5.91 Å². The van der Waals surface area contributed by atoms with E-state index in [1.54, 1.807) is 6.20 Å². The van der Waals surface area contributed by atoms with Crippen molar-refractivity contribution < 1.29 is 14.3 Å². The summed E-state index contributed by atoms with van der Waals surface area (Å²) in [5.41, 5.74) is 2.96. The molecule has 0 unspecified atom stereocenters. The van der Waals surface area contributed by atoms with E-state index < -0.39 is 0 Å². The summed E-state index contributed by atoms with van der Waals surface area (Å²) in [7, 11) is 0. The van der Waals surface area contributed by atoms with Crippen molar-refractivity contribution in [1.29, 1.82) is 0 Å². The number of likely N-dealkylation sites (tertiary alicyclic amines) is 1. The molecule has 2 aliphatic rings. The van der Waals surface area contributed by atoms with Crippen LogP contribution in [0.1, 0.15) is 40.3 Å². The van der Waals surface area contributed by atoms with Gasteiger partial charge in [-0.1, -0.05) is 0 Å². The largest absolute Gasteiger partial charge is 0.460 e. The third-order valence-corrected chi connectivity index (χ3v) is 5.07. The molecule has 7 heteroatoms. The zero-order valence-corrected chi connectivity index (χ0v) is 15.9. The molecule has 0 bridgehead atoms. The van der Waals surface area contributed by atoms with Crippen molar-refractivity contribution in [2.45, 2.75) is 45.3 Å². The number of amides is 1. The minimum atomic E-state index is -0.320. The SMILES string of the molecule is Cc1cc(C(=O)N2CC3(C[C@H](Oc4nccc(C)n4)CCO3)C2)cc(C)n1. The van der Waals surface area contributed by atoms with Gasteiger partial charge in [-0.15, -0.1) is 0 Å². The maximum absolute atomic E-state index is 12.8. The van der Waals surface area contributed by atoms with Gasteiger partial charge in [0.05, 0.1) is 19.7 Å². The van der Waals surface area contributed by atoms with Gasteiger partial charge in [0.15, 0.2) is 0 Å². The number of aromatic nitrogens is 3. The van der Waals surface area contributed by atoms with E-state index in [-0.39, 0.29) is 17.6 Å². The topological polar surface area (TPSA) is 77.4 Å². The highest BCUT2D eigenvalue weighted by Crippen LogP contribution is 2.36. The van der Waals surface area contributed by atoms with Crippen molar-refractivity contribution >= 4 is 5.91 Å². The van der Waals surface area contributed by atoms with Crippen molar-refractivity contribution in [3.05, 3.63) is 47.0 Å². The molecule has 0 saturated carbocycles. The van der Waals surface area contributed by atoms with Crippen LogP contribution in [0.25, 0.3) is 0 Å². The maximum atomic E-state index is 12.8. The predicted molar refractivity (Wildman–Crippen MR) is 98.7 cm³/mol. The molecule has 2 fully saturated rings. The van der Waals surface area contributed by atoms with Gasteiger partial charge in [0.1, 0.15) is 11.7 Å². The second-order valence-electron chi connectivity index (χ2n) is 7.54. The number of aryl methyl sites for hydroxylation is 3. The normalized spacial score (nSPS) is 21.0. The number of hydrogen-bond acceptors (Lipinski definition) is 6. The first-order valence-electron chi connectivity index (χ1n) is 9.27. The minimum Gasteiger partial charge on any atom is -0.460 e. The molecule has 0 aliphatic carbocycles. The van der Waals surface area contributed by atoms with Gasteiger partial charge >= 0.3 is 6.01 Å². The molecule has 2 aliphatic heterocycles. The molecule has 0 radical (unpaired) electrons. The number of carbonyl (C=O) groups is 1. The van der Waals surface area contributed by atoms with Gasteiger partial charge < -0.3 is 14.4 Å². The van der Waals surface area contributed by atoms with Crippen molar-refractivity contribution in [1.82, 2.24) is 19.9 Å². The van der Waals surface area contributed by atoms with Crippen LogP contribution >= 0.6 is 0 Å². The summed E-state index contributed by atoms with van der Waals surface area (Å²) < 4.78 is 12.0. The first-order valence-corrected chi connectivity index (χ1v) is 9.27. The smallest absolute Gasteiger partial charge is 0.316 e. The van der Waals surface area contributed by atoms with Crippen molar-refractivity contribution in [2.75, 3.05) is 19.7 Å². The standard InChI is InChI=1S/C20H24N4O3/c1-13-4-6-21-19(23-13)27-17-5-7-26-20(10-17)11-24(12-20)18(25)16-8-14(2)22-15(3)9-16/h4,6,8-9,17H,5,7,10-12H2,1-3H3/t17-/m1/s1. The Balaban J connectivity index is 1.39. The van der Waals surface area contributed by atoms with Crippen LogP contribution in [0.3, 0.4) is 0 Å². The van der Waals surface area contributed by atoms with E-state index in [4.69, 9.17) is 9.47 Å². The van der Waals surface area contributed by atoms with Crippen LogP contribution in [0.15, 0.2) is 24.4 Å². The highest BCUT2D eigenvalue weighted by Gasteiger charge is 2.50. The lowest BCUT2D eigenvalue weighted by Gasteiger charge is -2.52. The van der Waals surface area contributed by atoms with E-state index in [1.165, 1.54) is 0 Å². The monoisotopic (exact) mass is 368 g/mol. The third kappa shape index (κ3) is 3.78. The summed E-state index contributed by atoms with van der Waals surface area (Å²) in [6.07, 6.45) is 3.25. The molecule has 2 saturated heterocycles. The summed E-state index contributed by atoms with van der Waals surface area (Å²) in [6.45, 7) is 7.51. The summed E-state index contributed by atoms with van der Waals surface area (Å²) in [5.74, 6) is 0.0304. The lowest BCUT2D eigenvalue weighted by molar-refractivity contribution is -0.174. The van der Waals surface area contributed by atoms with Gasteiger partial charge in [-0.25, -0.2) is 9.97 Å². The predicted octanol–water partition coefficient (Wildman–Crippen LogP) is 2.25. The van der Waals surface area contributed by atoms with Gasteiger partial charge in [-0.2, -0.15) is 0 Å². The van der Waals surface area contributed by atoms with Crippen molar-refractivity contribution in [2.24, 2.45) is 0 Å². The maximum Gasteiger partial charge on any atom is 0.316 e. The fourth-order valence-electron chi connectivity index (χ4n) is 3.87. The molecular weight excluding hydrogens is 344 g/mol. The Labute approximate surface area is 158 Å². The van der Waals surface area contributed by atoms with Crippen LogP contribution in [-0.2, 0) is 4.74 Å². The molecule has 142 valence electrons. The molecular formula is C20H24N4O3.